The number of rotatable bonds is 5. The number of aliphatic imine (C=N–C) groups is 1. The minimum atomic E-state index is -0.143. The van der Waals surface area contributed by atoms with Crippen molar-refractivity contribution in [1.29, 1.82) is 0 Å². The summed E-state index contributed by atoms with van der Waals surface area (Å²) >= 11 is 6.13. The molecule has 4 nitrogen and oxygen atoms in total. The van der Waals surface area contributed by atoms with Crippen LogP contribution in [0.1, 0.15) is 32.3 Å². The third-order valence-corrected chi connectivity index (χ3v) is 4.02. The van der Waals surface area contributed by atoms with Crippen LogP contribution in [0.3, 0.4) is 0 Å². The Morgan fingerprint density at radius 3 is 2.45 bits per heavy atom. The number of ether oxygens (including phenoxy) is 3. The Morgan fingerprint density at radius 1 is 1.25 bits per heavy atom. The van der Waals surface area contributed by atoms with Crippen molar-refractivity contribution in [3.63, 3.8) is 0 Å². The standard InChI is InChI=1S/C15H20ClNO3/c1-5-15(6-2)9-20-14(17-15)11-7-10(16)8-12(18-3)13(11)19-4/h7-8H,5-6,9H2,1-4H3. The van der Waals surface area contributed by atoms with Crippen LogP contribution in [0.4, 0.5) is 0 Å². The van der Waals surface area contributed by atoms with Gasteiger partial charge in [0, 0.05) is 11.1 Å². The summed E-state index contributed by atoms with van der Waals surface area (Å²) in [6.45, 7) is 4.83. The lowest BCUT2D eigenvalue weighted by Gasteiger charge is -2.18. The number of halogens is 1. The third-order valence-electron chi connectivity index (χ3n) is 3.81. The van der Waals surface area contributed by atoms with Gasteiger partial charge in [-0.1, -0.05) is 25.4 Å². The second-order valence-corrected chi connectivity index (χ2v) is 5.26. The predicted octanol–water partition coefficient (Wildman–Crippen LogP) is 3.69. The number of hydrogen-bond donors (Lipinski definition) is 0. The average Bonchev–Trinajstić information content (AvgIpc) is 2.91. The van der Waals surface area contributed by atoms with E-state index in [2.05, 4.69) is 13.8 Å². The van der Waals surface area contributed by atoms with Gasteiger partial charge in [0.05, 0.1) is 25.3 Å². The molecular formula is C15H20ClNO3. The molecule has 0 aromatic heterocycles. The first-order chi connectivity index (χ1) is 9.59. The van der Waals surface area contributed by atoms with E-state index >= 15 is 0 Å². The van der Waals surface area contributed by atoms with Crippen LogP contribution in [0.2, 0.25) is 5.02 Å². The van der Waals surface area contributed by atoms with Crippen molar-refractivity contribution in [2.24, 2.45) is 4.99 Å². The van der Waals surface area contributed by atoms with Gasteiger partial charge in [0.15, 0.2) is 11.5 Å². The summed E-state index contributed by atoms with van der Waals surface area (Å²) in [6, 6.07) is 3.51. The second kappa shape index (κ2) is 5.92. The van der Waals surface area contributed by atoms with Crippen molar-refractivity contribution < 1.29 is 14.2 Å². The molecule has 0 amide bonds. The molecule has 1 heterocycles. The summed E-state index contributed by atoms with van der Waals surface area (Å²) < 4.78 is 16.5. The van der Waals surface area contributed by atoms with E-state index in [-0.39, 0.29) is 5.54 Å². The number of benzene rings is 1. The van der Waals surface area contributed by atoms with Gasteiger partial charge in [-0.15, -0.1) is 0 Å². The molecule has 0 unspecified atom stereocenters. The van der Waals surface area contributed by atoms with Gasteiger partial charge in [-0.2, -0.15) is 0 Å². The Morgan fingerprint density at radius 2 is 1.95 bits per heavy atom. The molecule has 0 saturated carbocycles. The predicted molar refractivity (Wildman–Crippen MR) is 80.4 cm³/mol. The molecule has 1 aromatic carbocycles. The smallest absolute Gasteiger partial charge is 0.220 e. The lowest BCUT2D eigenvalue weighted by molar-refractivity contribution is 0.243. The van der Waals surface area contributed by atoms with Gasteiger partial charge in [-0.25, -0.2) is 4.99 Å². The molecule has 0 bridgehead atoms. The van der Waals surface area contributed by atoms with Crippen LogP contribution in [0, 0.1) is 0 Å². The Labute approximate surface area is 124 Å². The van der Waals surface area contributed by atoms with Crippen LogP contribution >= 0.6 is 11.6 Å². The minimum Gasteiger partial charge on any atom is -0.493 e. The summed E-state index contributed by atoms with van der Waals surface area (Å²) in [5, 5.41) is 0.564. The second-order valence-electron chi connectivity index (χ2n) is 4.83. The maximum Gasteiger partial charge on any atom is 0.220 e. The minimum absolute atomic E-state index is 0.143. The highest BCUT2D eigenvalue weighted by Gasteiger charge is 2.35. The van der Waals surface area contributed by atoms with Crippen molar-refractivity contribution in [3.05, 3.63) is 22.7 Å². The molecule has 0 N–H and O–H groups in total. The van der Waals surface area contributed by atoms with Gasteiger partial charge in [0.1, 0.15) is 6.61 Å². The number of nitrogens with zero attached hydrogens (tertiary/aromatic N) is 1. The molecule has 1 aliphatic rings. The third kappa shape index (κ3) is 2.57. The molecule has 0 radical (unpaired) electrons. The molecule has 1 aromatic rings. The van der Waals surface area contributed by atoms with Crippen LogP contribution < -0.4 is 9.47 Å². The Balaban J connectivity index is 2.51. The molecule has 0 spiro atoms. The molecule has 0 atom stereocenters. The van der Waals surface area contributed by atoms with E-state index in [1.54, 1.807) is 26.4 Å². The van der Waals surface area contributed by atoms with Gasteiger partial charge in [-0.3, -0.25) is 0 Å². The van der Waals surface area contributed by atoms with Crippen molar-refractivity contribution in [3.8, 4) is 11.5 Å². The molecule has 110 valence electrons. The van der Waals surface area contributed by atoms with Crippen LogP contribution in [0.5, 0.6) is 11.5 Å². The van der Waals surface area contributed by atoms with Crippen LogP contribution in [0.25, 0.3) is 0 Å². The molecule has 20 heavy (non-hydrogen) atoms. The van der Waals surface area contributed by atoms with Gasteiger partial charge >= 0.3 is 0 Å². The highest BCUT2D eigenvalue weighted by Crippen LogP contribution is 2.37. The SMILES string of the molecule is CCC1(CC)COC(c2cc(Cl)cc(OC)c2OC)=N1. The molecule has 1 aliphatic heterocycles. The summed E-state index contributed by atoms with van der Waals surface area (Å²) in [5.74, 6) is 1.75. The topological polar surface area (TPSA) is 40.0 Å². The lowest BCUT2D eigenvalue weighted by Crippen LogP contribution is -2.25. The van der Waals surface area contributed by atoms with Gasteiger partial charge in [0.25, 0.3) is 0 Å². The van der Waals surface area contributed by atoms with E-state index in [0.29, 0.717) is 29.0 Å². The maximum absolute atomic E-state index is 6.13. The number of hydrogen-bond acceptors (Lipinski definition) is 4. The highest BCUT2D eigenvalue weighted by molar-refractivity contribution is 6.31. The fourth-order valence-corrected chi connectivity index (χ4v) is 2.53. The molecule has 5 heteroatoms. The molecule has 2 rings (SSSR count). The zero-order valence-corrected chi connectivity index (χ0v) is 13.1. The maximum atomic E-state index is 6.13. The van der Waals surface area contributed by atoms with Gasteiger partial charge in [0.2, 0.25) is 5.90 Å². The van der Waals surface area contributed by atoms with E-state index in [1.165, 1.54) is 0 Å². The zero-order valence-electron chi connectivity index (χ0n) is 12.3. The highest BCUT2D eigenvalue weighted by atomic mass is 35.5. The first kappa shape index (κ1) is 15.0. The average molecular weight is 298 g/mol. The van der Waals surface area contributed by atoms with Crippen LogP contribution in [-0.2, 0) is 4.74 Å². The van der Waals surface area contributed by atoms with Crippen molar-refractivity contribution >= 4 is 17.5 Å². The molecule has 0 saturated heterocycles. The Hall–Kier alpha value is -1.42. The molecule has 0 aliphatic carbocycles. The summed E-state index contributed by atoms with van der Waals surface area (Å²) in [7, 11) is 3.18. The van der Waals surface area contributed by atoms with Crippen molar-refractivity contribution in [1.82, 2.24) is 0 Å². The largest absolute Gasteiger partial charge is 0.493 e. The van der Waals surface area contributed by atoms with Crippen LogP contribution in [-0.4, -0.2) is 32.3 Å². The normalized spacial score (nSPS) is 16.6. The first-order valence-electron chi connectivity index (χ1n) is 6.73. The lowest BCUT2D eigenvalue weighted by atomic mass is 9.96. The fraction of sp³-hybridized carbons (Fsp3) is 0.533. The van der Waals surface area contributed by atoms with Crippen molar-refractivity contribution in [2.45, 2.75) is 32.2 Å². The summed E-state index contributed by atoms with van der Waals surface area (Å²) in [5.41, 5.74) is 0.594. The van der Waals surface area contributed by atoms with E-state index in [4.69, 9.17) is 30.8 Å². The monoisotopic (exact) mass is 297 g/mol. The Bertz CT molecular complexity index is 524. The molecule has 0 fully saturated rings. The van der Waals surface area contributed by atoms with E-state index in [1.807, 2.05) is 0 Å². The van der Waals surface area contributed by atoms with Crippen LogP contribution in [0.15, 0.2) is 17.1 Å². The first-order valence-corrected chi connectivity index (χ1v) is 7.11. The van der Waals surface area contributed by atoms with E-state index in [9.17, 15) is 0 Å². The summed E-state index contributed by atoms with van der Waals surface area (Å²) in [6.07, 6.45) is 1.88. The summed E-state index contributed by atoms with van der Waals surface area (Å²) in [4.78, 5) is 4.75. The zero-order chi connectivity index (χ0) is 14.8. The Kier molecular flexibility index (Phi) is 4.43. The van der Waals surface area contributed by atoms with Crippen molar-refractivity contribution in [2.75, 3.05) is 20.8 Å². The molecular weight excluding hydrogens is 278 g/mol. The van der Waals surface area contributed by atoms with E-state index in [0.717, 1.165) is 18.4 Å². The van der Waals surface area contributed by atoms with Gasteiger partial charge < -0.3 is 14.2 Å². The van der Waals surface area contributed by atoms with Gasteiger partial charge in [-0.05, 0) is 18.9 Å². The fourth-order valence-electron chi connectivity index (χ4n) is 2.32. The quantitative estimate of drug-likeness (QED) is 0.832. The number of methoxy groups -OCH3 is 2. The van der Waals surface area contributed by atoms with E-state index < -0.39 is 0 Å².